The van der Waals surface area contributed by atoms with Crippen LogP contribution in [0.1, 0.15) is 18.5 Å². The quantitative estimate of drug-likeness (QED) is 0.781. The lowest BCUT2D eigenvalue weighted by Crippen LogP contribution is -2.37. The predicted octanol–water partition coefficient (Wildman–Crippen LogP) is 1.08. The summed E-state index contributed by atoms with van der Waals surface area (Å²) in [5.41, 5.74) is 0.364. The fourth-order valence-corrected chi connectivity index (χ4v) is 1.67. The molecule has 78 valence electrons. The van der Waals surface area contributed by atoms with E-state index in [4.69, 9.17) is 10.00 Å². The lowest BCUT2D eigenvalue weighted by molar-refractivity contribution is 0.166. The van der Waals surface area contributed by atoms with Crippen molar-refractivity contribution in [1.29, 1.82) is 5.26 Å². The maximum atomic E-state index is 8.84. The molecule has 0 spiro atoms. The molecule has 4 heteroatoms. The van der Waals surface area contributed by atoms with E-state index in [2.05, 4.69) is 10.3 Å². The van der Waals surface area contributed by atoms with Crippen LogP contribution in [0.25, 0.3) is 0 Å². The third kappa shape index (κ3) is 2.45. The van der Waals surface area contributed by atoms with Gasteiger partial charge in [-0.25, -0.2) is 4.98 Å². The predicted molar refractivity (Wildman–Crippen MR) is 55.5 cm³/mol. The van der Waals surface area contributed by atoms with Gasteiger partial charge in [0, 0.05) is 12.7 Å². The third-order valence-corrected chi connectivity index (χ3v) is 2.42. The molecule has 1 unspecified atom stereocenters. The first-order chi connectivity index (χ1) is 7.40. The van der Waals surface area contributed by atoms with Gasteiger partial charge in [-0.15, -0.1) is 0 Å². The number of ether oxygens (including phenoxy) is 1. The SMILES string of the molecule is N#Cc1ncccc1OC1CCCNC1. The molecule has 0 aromatic carbocycles. The molecule has 1 N–H and O–H groups in total. The minimum absolute atomic E-state index is 0.162. The Bertz CT molecular complexity index is 366. The standard InChI is InChI=1S/C11H13N3O/c12-7-10-11(4-2-6-14-10)15-9-3-1-5-13-8-9/h2,4,6,9,13H,1,3,5,8H2. The fourth-order valence-electron chi connectivity index (χ4n) is 1.67. The molecule has 1 aromatic rings. The van der Waals surface area contributed by atoms with Crippen molar-refractivity contribution >= 4 is 0 Å². The topological polar surface area (TPSA) is 57.9 Å². The van der Waals surface area contributed by atoms with Crippen molar-refractivity contribution < 1.29 is 4.74 Å². The van der Waals surface area contributed by atoms with Crippen molar-refractivity contribution in [2.24, 2.45) is 0 Å². The van der Waals surface area contributed by atoms with Crippen LogP contribution in [0, 0.1) is 11.3 Å². The number of piperidine rings is 1. The first-order valence-corrected chi connectivity index (χ1v) is 5.12. The summed E-state index contributed by atoms with van der Waals surface area (Å²) in [7, 11) is 0. The number of nitrogens with one attached hydrogen (secondary N) is 1. The normalized spacial score (nSPS) is 20.6. The van der Waals surface area contributed by atoms with Gasteiger partial charge in [0.15, 0.2) is 11.4 Å². The maximum absolute atomic E-state index is 8.84. The number of hydrogen-bond acceptors (Lipinski definition) is 4. The van der Waals surface area contributed by atoms with Crippen molar-refractivity contribution in [3.63, 3.8) is 0 Å². The van der Waals surface area contributed by atoms with E-state index in [9.17, 15) is 0 Å². The summed E-state index contributed by atoms with van der Waals surface area (Å²) in [5, 5.41) is 12.1. The van der Waals surface area contributed by atoms with Crippen LogP contribution in [0.15, 0.2) is 18.3 Å². The van der Waals surface area contributed by atoms with Gasteiger partial charge in [0.05, 0.1) is 0 Å². The molecule has 1 aliphatic heterocycles. The van der Waals surface area contributed by atoms with Crippen LogP contribution in [-0.4, -0.2) is 24.2 Å². The highest BCUT2D eigenvalue weighted by molar-refractivity contribution is 5.36. The third-order valence-electron chi connectivity index (χ3n) is 2.42. The van der Waals surface area contributed by atoms with E-state index >= 15 is 0 Å². The van der Waals surface area contributed by atoms with Crippen LogP contribution < -0.4 is 10.1 Å². The highest BCUT2D eigenvalue weighted by atomic mass is 16.5. The minimum Gasteiger partial charge on any atom is -0.486 e. The Morgan fingerprint density at radius 3 is 3.27 bits per heavy atom. The molecule has 15 heavy (non-hydrogen) atoms. The zero-order chi connectivity index (χ0) is 10.5. The Hall–Kier alpha value is -1.60. The summed E-state index contributed by atoms with van der Waals surface area (Å²) >= 11 is 0. The monoisotopic (exact) mass is 203 g/mol. The van der Waals surface area contributed by atoms with Gasteiger partial charge in [-0.1, -0.05) is 0 Å². The lowest BCUT2D eigenvalue weighted by atomic mass is 10.1. The number of pyridine rings is 1. The molecule has 2 rings (SSSR count). The number of rotatable bonds is 2. The summed E-state index contributed by atoms with van der Waals surface area (Å²) in [4.78, 5) is 3.96. The summed E-state index contributed by atoms with van der Waals surface area (Å²) in [6.07, 6.45) is 3.92. The van der Waals surface area contributed by atoms with Crippen LogP contribution in [0.2, 0.25) is 0 Å². The van der Waals surface area contributed by atoms with E-state index < -0.39 is 0 Å². The molecule has 4 nitrogen and oxygen atoms in total. The van der Waals surface area contributed by atoms with Crippen LogP contribution in [0.3, 0.4) is 0 Å². The van der Waals surface area contributed by atoms with Gasteiger partial charge in [-0.3, -0.25) is 0 Å². The van der Waals surface area contributed by atoms with Gasteiger partial charge < -0.3 is 10.1 Å². The fraction of sp³-hybridized carbons (Fsp3) is 0.455. The summed E-state index contributed by atoms with van der Waals surface area (Å²) in [6, 6.07) is 5.60. The number of hydrogen-bond donors (Lipinski definition) is 1. The Morgan fingerprint density at radius 2 is 2.53 bits per heavy atom. The average molecular weight is 203 g/mol. The Labute approximate surface area is 88.9 Å². The molecule has 1 aromatic heterocycles. The van der Waals surface area contributed by atoms with E-state index in [0.717, 1.165) is 25.9 Å². The molecule has 0 saturated carbocycles. The molecule has 1 atom stereocenters. The highest BCUT2D eigenvalue weighted by Gasteiger charge is 2.16. The van der Waals surface area contributed by atoms with Gasteiger partial charge in [-0.2, -0.15) is 5.26 Å². The molecule has 0 bridgehead atoms. The van der Waals surface area contributed by atoms with E-state index in [1.165, 1.54) is 0 Å². The molecule has 1 aliphatic rings. The number of nitrogens with zero attached hydrogens (tertiary/aromatic N) is 2. The Balaban J connectivity index is 2.06. The largest absolute Gasteiger partial charge is 0.486 e. The van der Waals surface area contributed by atoms with Crippen LogP contribution in [-0.2, 0) is 0 Å². The smallest absolute Gasteiger partial charge is 0.182 e. The molecule has 1 saturated heterocycles. The molecule has 0 radical (unpaired) electrons. The number of nitriles is 1. The van der Waals surface area contributed by atoms with Gasteiger partial charge in [0.1, 0.15) is 12.2 Å². The van der Waals surface area contributed by atoms with Crippen molar-refractivity contribution in [2.75, 3.05) is 13.1 Å². The minimum atomic E-state index is 0.162. The number of aromatic nitrogens is 1. The maximum Gasteiger partial charge on any atom is 0.182 e. The van der Waals surface area contributed by atoms with Crippen LogP contribution in [0.5, 0.6) is 5.75 Å². The first kappa shape index (κ1) is 9.94. The van der Waals surface area contributed by atoms with Gasteiger partial charge in [0.2, 0.25) is 0 Å². The summed E-state index contributed by atoms with van der Waals surface area (Å²) < 4.78 is 5.73. The first-order valence-electron chi connectivity index (χ1n) is 5.12. The second-order valence-electron chi connectivity index (χ2n) is 3.55. The van der Waals surface area contributed by atoms with Crippen molar-refractivity contribution in [2.45, 2.75) is 18.9 Å². The Kier molecular flexibility index (Phi) is 3.15. The summed E-state index contributed by atoms with van der Waals surface area (Å²) in [6.45, 7) is 1.90. The molecule has 2 heterocycles. The average Bonchev–Trinajstić information content (AvgIpc) is 2.31. The van der Waals surface area contributed by atoms with Crippen molar-refractivity contribution in [3.8, 4) is 11.8 Å². The van der Waals surface area contributed by atoms with Crippen LogP contribution >= 0.6 is 0 Å². The molecule has 1 fully saturated rings. The van der Waals surface area contributed by atoms with Crippen molar-refractivity contribution in [1.82, 2.24) is 10.3 Å². The van der Waals surface area contributed by atoms with E-state index in [0.29, 0.717) is 11.4 Å². The van der Waals surface area contributed by atoms with Crippen LogP contribution in [0.4, 0.5) is 0 Å². The molecule has 0 amide bonds. The van der Waals surface area contributed by atoms with Gasteiger partial charge >= 0.3 is 0 Å². The second kappa shape index (κ2) is 4.76. The van der Waals surface area contributed by atoms with E-state index in [1.54, 1.807) is 18.3 Å². The van der Waals surface area contributed by atoms with Gasteiger partial charge in [-0.05, 0) is 31.5 Å². The van der Waals surface area contributed by atoms with E-state index in [-0.39, 0.29) is 6.10 Å². The molecular formula is C11H13N3O. The molecule has 0 aliphatic carbocycles. The van der Waals surface area contributed by atoms with E-state index in [1.807, 2.05) is 6.07 Å². The zero-order valence-corrected chi connectivity index (χ0v) is 8.44. The van der Waals surface area contributed by atoms with Crippen molar-refractivity contribution in [3.05, 3.63) is 24.0 Å². The second-order valence-corrected chi connectivity index (χ2v) is 3.55. The molecular weight excluding hydrogens is 190 g/mol. The Morgan fingerprint density at radius 1 is 1.60 bits per heavy atom. The summed E-state index contributed by atoms with van der Waals surface area (Å²) in [5.74, 6) is 0.591. The van der Waals surface area contributed by atoms with Gasteiger partial charge in [0.25, 0.3) is 0 Å². The lowest BCUT2D eigenvalue weighted by Gasteiger charge is -2.23. The highest BCUT2D eigenvalue weighted by Crippen LogP contribution is 2.18. The zero-order valence-electron chi connectivity index (χ0n) is 8.44.